The minimum absolute atomic E-state index is 0.174. The van der Waals surface area contributed by atoms with Gasteiger partial charge in [-0.2, -0.15) is 0 Å². The van der Waals surface area contributed by atoms with Crippen LogP contribution in [0.3, 0.4) is 0 Å². The van der Waals surface area contributed by atoms with Crippen LogP contribution in [0.2, 0.25) is 0 Å². The first-order chi connectivity index (χ1) is 38.6. The Kier molecular flexibility index (Phi) is 55.2. The van der Waals surface area contributed by atoms with E-state index in [2.05, 4.69) is 172 Å². The van der Waals surface area contributed by atoms with Gasteiger partial charge in [-0.05, 0) is 122 Å². The zero-order valence-electron chi connectivity index (χ0n) is 50.5. The maximum atomic E-state index is 12.9. The van der Waals surface area contributed by atoms with E-state index in [0.717, 1.165) is 154 Å². The number of carbonyl (C=O) groups is 3. The molecule has 0 heterocycles. The van der Waals surface area contributed by atoms with Crippen molar-refractivity contribution >= 4 is 17.9 Å². The molecule has 0 radical (unpaired) electrons. The Bertz CT molecular complexity index is 1850. The fourth-order valence-corrected chi connectivity index (χ4v) is 7.64. The highest BCUT2D eigenvalue weighted by Crippen LogP contribution is 2.14. The molecule has 2 unspecified atom stereocenters. The molecule has 0 aromatic carbocycles. The minimum atomic E-state index is -1.53. The van der Waals surface area contributed by atoms with Gasteiger partial charge in [-0.3, -0.25) is 9.59 Å². The number of hydrogen-bond donors (Lipinski definition) is 1. The molecule has 444 valence electrons. The number of likely N-dealkylation sites (N-methyl/N-ethyl adjacent to an activating group) is 1. The number of esters is 2. The third-order valence-corrected chi connectivity index (χ3v) is 12.3. The van der Waals surface area contributed by atoms with E-state index >= 15 is 0 Å². The lowest BCUT2D eigenvalue weighted by molar-refractivity contribution is -0.870. The number of quaternary nitrogens is 1. The first-order valence-electron chi connectivity index (χ1n) is 30.6. The highest BCUT2D eigenvalue weighted by Gasteiger charge is 2.25. The van der Waals surface area contributed by atoms with Gasteiger partial charge in [0.15, 0.2) is 6.10 Å². The lowest BCUT2D eigenvalue weighted by Gasteiger charge is -2.25. The van der Waals surface area contributed by atoms with E-state index in [1.54, 1.807) is 0 Å². The molecule has 0 aliphatic heterocycles. The normalized spacial score (nSPS) is 13.9. The summed E-state index contributed by atoms with van der Waals surface area (Å²) in [5, 5.41) is 9.71. The number of allylic oxidation sites excluding steroid dienone is 26. The lowest BCUT2D eigenvalue weighted by Crippen LogP contribution is -2.40. The molecule has 0 amide bonds. The van der Waals surface area contributed by atoms with Crippen LogP contribution in [0, 0.1) is 0 Å². The number of aliphatic carboxylic acids is 1. The van der Waals surface area contributed by atoms with Crippen molar-refractivity contribution in [3.63, 3.8) is 0 Å². The summed E-state index contributed by atoms with van der Waals surface area (Å²) in [6.07, 6.45) is 84.7. The predicted octanol–water partition coefficient (Wildman–Crippen LogP) is 18.6. The molecule has 79 heavy (non-hydrogen) atoms. The summed E-state index contributed by atoms with van der Waals surface area (Å²) in [6.45, 7) is 4.59. The molecule has 0 aromatic heterocycles. The molecule has 0 saturated heterocycles. The second-order valence-corrected chi connectivity index (χ2v) is 20.9. The predicted molar refractivity (Wildman–Crippen MR) is 336 cm³/mol. The van der Waals surface area contributed by atoms with Crippen LogP contribution in [0.4, 0.5) is 0 Å². The van der Waals surface area contributed by atoms with Gasteiger partial charge in [-0.25, -0.2) is 4.79 Å². The summed E-state index contributed by atoms with van der Waals surface area (Å²) in [5.74, 6) is -2.06. The second-order valence-electron chi connectivity index (χ2n) is 20.9. The molecule has 9 heteroatoms. The van der Waals surface area contributed by atoms with Crippen LogP contribution in [0.1, 0.15) is 206 Å². The van der Waals surface area contributed by atoms with Crippen LogP contribution in [-0.4, -0.2) is 87.4 Å². The van der Waals surface area contributed by atoms with Gasteiger partial charge >= 0.3 is 17.9 Å². The maximum Gasteiger partial charge on any atom is 0.361 e. The first-order valence-corrected chi connectivity index (χ1v) is 30.6. The van der Waals surface area contributed by atoms with Crippen molar-refractivity contribution in [1.82, 2.24) is 0 Å². The standard InChI is InChI=1S/C70H111NO8/c1-6-8-10-12-14-16-18-20-22-24-25-26-27-28-29-30-31-32-33-34-35-36-37-38-39-40-41-42-43-45-47-49-51-53-55-57-59-61-68(73)79-66(65-78-70(69(74)75)76-63-62-71(3,4)5)64-77-67(72)60-58-56-54-52-50-48-46-44-23-21-19-17-15-13-11-9-7-2/h8-11,14-17,20-23,25-26,28-29,31-32,34-35,37-38,40-41,43,45,66,70H,6-7,12-13,18-19,24,27,30,33,36,39,42,44,46-65H2,1-5H3/p+1/b10-8-,11-9-,16-14-,17-15-,22-20-,23-21-,26-25-,29-28-,32-31-,35-34-,38-37-,41-40-,45-43-. The molecule has 0 aliphatic carbocycles. The van der Waals surface area contributed by atoms with Gasteiger partial charge in [-0.1, -0.05) is 230 Å². The highest BCUT2D eigenvalue weighted by molar-refractivity contribution is 5.71. The molecule has 0 fully saturated rings. The third-order valence-electron chi connectivity index (χ3n) is 12.3. The molecule has 0 aliphatic rings. The number of rotatable bonds is 54. The van der Waals surface area contributed by atoms with Gasteiger partial charge in [0.2, 0.25) is 0 Å². The van der Waals surface area contributed by atoms with E-state index in [4.69, 9.17) is 18.9 Å². The van der Waals surface area contributed by atoms with Crippen LogP contribution in [0.5, 0.6) is 0 Å². The van der Waals surface area contributed by atoms with E-state index in [1.165, 1.54) is 19.3 Å². The molecule has 2 atom stereocenters. The number of carbonyl (C=O) groups excluding carboxylic acids is 2. The molecular formula is C70H112NO8+. The van der Waals surface area contributed by atoms with Crippen molar-refractivity contribution in [1.29, 1.82) is 0 Å². The zero-order valence-corrected chi connectivity index (χ0v) is 50.5. The fraction of sp³-hybridized carbons (Fsp3) is 0.586. The van der Waals surface area contributed by atoms with Gasteiger partial charge in [0, 0.05) is 12.8 Å². The number of carboxylic acid groups (broad SMARTS) is 1. The Labute approximate surface area is 483 Å². The molecule has 0 aromatic rings. The lowest BCUT2D eigenvalue weighted by atomic mass is 10.1. The number of ether oxygens (including phenoxy) is 4. The summed E-state index contributed by atoms with van der Waals surface area (Å²) in [6, 6.07) is 0. The summed E-state index contributed by atoms with van der Waals surface area (Å²) < 4.78 is 22.8. The largest absolute Gasteiger partial charge is 0.477 e. The first kappa shape index (κ1) is 73.9. The molecule has 0 saturated carbocycles. The van der Waals surface area contributed by atoms with E-state index in [9.17, 15) is 19.5 Å². The summed E-state index contributed by atoms with van der Waals surface area (Å²) in [7, 11) is 5.95. The van der Waals surface area contributed by atoms with Gasteiger partial charge in [0.25, 0.3) is 6.29 Å². The highest BCUT2D eigenvalue weighted by atomic mass is 16.7. The van der Waals surface area contributed by atoms with Crippen LogP contribution >= 0.6 is 0 Å². The van der Waals surface area contributed by atoms with E-state index in [1.807, 2.05) is 21.1 Å². The number of carboxylic acids is 1. The number of hydrogen-bond acceptors (Lipinski definition) is 7. The van der Waals surface area contributed by atoms with E-state index in [0.29, 0.717) is 17.4 Å². The Balaban J connectivity index is 4.27. The Morgan fingerprint density at radius 3 is 1.01 bits per heavy atom. The van der Waals surface area contributed by atoms with Crippen LogP contribution in [0.25, 0.3) is 0 Å². The van der Waals surface area contributed by atoms with Gasteiger partial charge < -0.3 is 28.5 Å². The van der Waals surface area contributed by atoms with Crippen molar-refractivity contribution in [2.75, 3.05) is 47.5 Å². The van der Waals surface area contributed by atoms with Gasteiger partial charge in [0.1, 0.15) is 13.2 Å². The number of unbranched alkanes of at least 4 members (excludes halogenated alkanes) is 13. The average molecular weight is 1100 g/mol. The van der Waals surface area contributed by atoms with Crippen LogP contribution < -0.4 is 0 Å². The van der Waals surface area contributed by atoms with Crippen molar-refractivity contribution in [2.24, 2.45) is 0 Å². The quantitative estimate of drug-likeness (QED) is 0.0211. The minimum Gasteiger partial charge on any atom is -0.477 e. The van der Waals surface area contributed by atoms with Crippen molar-refractivity contribution < 1.29 is 42.9 Å². The molecule has 0 spiro atoms. The Hall–Kier alpha value is -5.09. The fourth-order valence-electron chi connectivity index (χ4n) is 7.64. The average Bonchev–Trinajstić information content (AvgIpc) is 3.42. The van der Waals surface area contributed by atoms with Gasteiger partial charge in [-0.15, -0.1) is 0 Å². The van der Waals surface area contributed by atoms with E-state index < -0.39 is 24.3 Å². The molecule has 0 rings (SSSR count). The topological polar surface area (TPSA) is 108 Å². The number of nitrogens with zero attached hydrogens (tertiary/aromatic N) is 1. The Morgan fingerprint density at radius 2 is 0.684 bits per heavy atom. The second kappa shape index (κ2) is 59.0. The summed E-state index contributed by atoms with van der Waals surface area (Å²) in [4.78, 5) is 37.4. The molecule has 0 bridgehead atoms. The monoisotopic (exact) mass is 1090 g/mol. The molecule has 9 nitrogen and oxygen atoms in total. The molecule has 1 N–H and O–H groups in total. The smallest absolute Gasteiger partial charge is 0.361 e. The third kappa shape index (κ3) is 60.4. The van der Waals surface area contributed by atoms with Crippen LogP contribution in [0.15, 0.2) is 158 Å². The summed E-state index contributed by atoms with van der Waals surface area (Å²) in [5.41, 5.74) is 0. The maximum absolute atomic E-state index is 12.9. The van der Waals surface area contributed by atoms with Crippen molar-refractivity contribution in [2.45, 2.75) is 219 Å². The SMILES string of the molecule is CC/C=C\C/C=C\C/C=C\C/C=C\C/C=C\C/C=C\C/C=C\C/C=C\C/C=C\C/C=C\CCCCCCCCC(=O)OC(COC(=O)CCCCCCCCC/C=C\C/C=C\C/C=C\CC)COC(OCC[N+](C)(C)C)C(=O)O. The van der Waals surface area contributed by atoms with Crippen molar-refractivity contribution in [3.05, 3.63) is 158 Å². The Morgan fingerprint density at radius 1 is 0.380 bits per heavy atom. The van der Waals surface area contributed by atoms with Gasteiger partial charge in [0.05, 0.1) is 34.4 Å². The summed E-state index contributed by atoms with van der Waals surface area (Å²) >= 11 is 0. The molecular weight excluding hydrogens is 983 g/mol. The van der Waals surface area contributed by atoms with Crippen LogP contribution in [-0.2, 0) is 33.3 Å². The zero-order chi connectivity index (χ0) is 57.6. The van der Waals surface area contributed by atoms with E-state index in [-0.39, 0.29) is 38.6 Å². The van der Waals surface area contributed by atoms with Crippen molar-refractivity contribution in [3.8, 4) is 0 Å².